The molecule has 0 saturated carbocycles. The van der Waals surface area contributed by atoms with Gasteiger partial charge in [0.2, 0.25) is 0 Å². The zero-order valence-corrected chi connectivity index (χ0v) is 18.0. The predicted octanol–water partition coefficient (Wildman–Crippen LogP) is 7.57. The van der Waals surface area contributed by atoms with Crippen LogP contribution in [0.2, 0.25) is 0 Å². The lowest BCUT2D eigenvalue weighted by molar-refractivity contribution is 1.28. The van der Waals surface area contributed by atoms with Gasteiger partial charge in [0.25, 0.3) is 0 Å². The van der Waals surface area contributed by atoms with Crippen LogP contribution < -0.4 is 0 Å². The molecule has 2 nitrogen and oxygen atoms in total. The van der Waals surface area contributed by atoms with Crippen molar-refractivity contribution in [2.45, 2.75) is 12.8 Å². The molecule has 0 radical (unpaired) electrons. The Labute approximate surface area is 188 Å². The van der Waals surface area contributed by atoms with Gasteiger partial charge in [-0.05, 0) is 58.4 Å². The summed E-state index contributed by atoms with van der Waals surface area (Å²) in [6, 6.07) is 25.9. The van der Waals surface area contributed by atoms with Crippen molar-refractivity contribution in [1.29, 1.82) is 0 Å². The molecule has 0 amide bonds. The van der Waals surface area contributed by atoms with Crippen molar-refractivity contribution in [2.75, 3.05) is 0 Å². The monoisotopic (exact) mass is 412 g/mol. The van der Waals surface area contributed by atoms with E-state index in [1.165, 1.54) is 33.4 Å². The van der Waals surface area contributed by atoms with Crippen LogP contribution in [0.1, 0.15) is 11.1 Å². The molecule has 0 atom stereocenters. The summed E-state index contributed by atoms with van der Waals surface area (Å²) in [6.07, 6.45) is 9.38. The van der Waals surface area contributed by atoms with Crippen molar-refractivity contribution in [3.63, 3.8) is 0 Å². The van der Waals surface area contributed by atoms with Gasteiger partial charge in [0, 0.05) is 23.2 Å². The van der Waals surface area contributed by atoms with E-state index in [0.29, 0.717) is 0 Å². The number of rotatable bonds is 6. The molecule has 0 bridgehead atoms. The Morgan fingerprint density at radius 1 is 0.531 bits per heavy atom. The highest BCUT2D eigenvalue weighted by Gasteiger charge is 2.12. The first-order valence-corrected chi connectivity index (χ1v) is 10.9. The van der Waals surface area contributed by atoms with Crippen LogP contribution in [-0.2, 0) is 12.8 Å². The molecule has 0 fully saturated rings. The van der Waals surface area contributed by atoms with Gasteiger partial charge < -0.3 is 0 Å². The van der Waals surface area contributed by atoms with Crippen molar-refractivity contribution in [3.05, 3.63) is 122 Å². The standard InChI is InChI=1S/C30H24N2/c1-3-5-21-7-11-23(12-8-21)25-17-19-31-29-27(25)15-16-28-26(18-20-32-30(28)29)24-13-9-22(6-4-2)10-14-24/h3-4,7-20H,1-2,5-6H2. The van der Waals surface area contributed by atoms with E-state index < -0.39 is 0 Å². The van der Waals surface area contributed by atoms with E-state index in [1.807, 2.05) is 24.5 Å². The van der Waals surface area contributed by atoms with Gasteiger partial charge in [0.15, 0.2) is 0 Å². The summed E-state index contributed by atoms with van der Waals surface area (Å²) in [5.41, 5.74) is 9.08. The third-order valence-electron chi connectivity index (χ3n) is 5.91. The molecule has 5 rings (SSSR count). The van der Waals surface area contributed by atoms with Gasteiger partial charge in [0.05, 0.1) is 11.0 Å². The maximum absolute atomic E-state index is 4.73. The molecule has 0 aliphatic carbocycles. The Balaban J connectivity index is 1.64. The van der Waals surface area contributed by atoms with Crippen molar-refractivity contribution < 1.29 is 0 Å². The fourth-order valence-electron chi connectivity index (χ4n) is 4.31. The highest BCUT2D eigenvalue weighted by molar-refractivity contribution is 6.11. The molecule has 2 heteroatoms. The molecule has 0 N–H and O–H groups in total. The van der Waals surface area contributed by atoms with Crippen molar-refractivity contribution in [2.24, 2.45) is 0 Å². The third kappa shape index (κ3) is 3.61. The molecule has 2 aromatic heterocycles. The maximum Gasteiger partial charge on any atom is 0.0970 e. The minimum atomic E-state index is 0.878. The van der Waals surface area contributed by atoms with E-state index in [9.17, 15) is 0 Å². The van der Waals surface area contributed by atoms with Crippen molar-refractivity contribution >= 4 is 21.8 Å². The maximum atomic E-state index is 4.73. The van der Waals surface area contributed by atoms with Crippen LogP contribution >= 0.6 is 0 Å². The van der Waals surface area contributed by atoms with Crippen LogP contribution in [0.3, 0.4) is 0 Å². The quantitative estimate of drug-likeness (QED) is 0.212. The van der Waals surface area contributed by atoms with Gasteiger partial charge in [-0.15, -0.1) is 13.2 Å². The first-order valence-electron chi connectivity index (χ1n) is 10.9. The smallest absolute Gasteiger partial charge is 0.0970 e. The summed E-state index contributed by atoms with van der Waals surface area (Å²) < 4.78 is 0. The largest absolute Gasteiger partial charge is 0.254 e. The van der Waals surface area contributed by atoms with E-state index in [0.717, 1.165) is 34.6 Å². The molecule has 0 saturated heterocycles. The second-order valence-electron chi connectivity index (χ2n) is 7.95. The molecular formula is C30H24N2. The number of hydrogen-bond donors (Lipinski definition) is 0. The Morgan fingerprint density at radius 2 is 0.938 bits per heavy atom. The Morgan fingerprint density at radius 3 is 1.31 bits per heavy atom. The molecule has 32 heavy (non-hydrogen) atoms. The topological polar surface area (TPSA) is 25.8 Å². The van der Waals surface area contributed by atoms with Gasteiger partial charge in [-0.3, -0.25) is 9.97 Å². The number of benzene rings is 3. The van der Waals surface area contributed by atoms with Crippen molar-refractivity contribution in [1.82, 2.24) is 9.97 Å². The average Bonchev–Trinajstić information content (AvgIpc) is 2.84. The van der Waals surface area contributed by atoms with Crippen LogP contribution in [0.5, 0.6) is 0 Å². The average molecular weight is 413 g/mol. The summed E-state index contributed by atoms with van der Waals surface area (Å²) >= 11 is 0. The molecule has 2 heterocycles. The molecule has 0 unspecified atom stereocenters. The van der Waals surface area contributed by atoms with Crippen LogP contribution in [0.15, 0.2) is 111 Å². The molecule has 3 aromatic carbocycles. The molecule has 0 spiro atoms. The molecule has 5 aromatic rings. The fraction of sp³-hybridized carbons (Fsp3) is 0.0667. The van der Waals surface area contributed by atoms with E-state index in [-0.39, 0.29) is 0 Å². The van der Waals surface area contributed by atoms with Crippen LogP contribution in [0.4, 0.5) is 0 Å². The highest BCUT2D eigenvalue weighted by Crippen LogP contribution is 2.35. The summed E-state index contributed by atoms with van der Waals surface area (Å²) in [6.45, 7) is 7.66. The summed E-state index contributed by atoms with van der Waals surface area (Å²) in [4.78, 5) is 9.46. The Bertz CT molecular complexity index is 1320. The number of fused-ring (bicyclic) bond motifs is 3. The van der Waals surface area contributed by atoms with Crippen LogP contribution in [-0.4, -0.2) is 9.97 Å². The van der Waals surface area contributed by atoms with Gasteiger partial charge in [-0.2, -0.15) is 0 Å². The van der Waals surface area contributed by atoms with E-state index in [2.05, 4.69) is 86.0 Å². The van der Waals surface area contributed by atoms with Crippen molar-refractivity contribution in [3.8, 4) is 22.3 Å². The molecule has 154 valence electrons. The second-order valence-corrected chi connectivity index (χ2v) is 7.95. The number of aromatic nitrogens is 2. The van der Waals surface area contributed by atoms with E-state index in [4.69, 9.17) is 9.97 Å². The minimum absolute atomic E-state index is 0.878. The fourth-order valence-corrected chi connectivity index (χ4v) is 4.31. The molecular weight excluding hydrogens is 388 g/mol. The van der Waals surface area contributed by atoms with Gasteiger partial charge in [-0.25, -0.2) is 0 Å². The Hall–Kier alpha value is -4.04. The van der Waals surface area contributed by atoms with Gasteiger partial charge in [-0.1, -0.05) is 72.8 Å². The number of hydrogen-bond acceptors (Lipinski definition) is 2. The molecule has 0 aliphatic rings. The predicted molar refractivity (Wildman–Crippen MR) is 136 cm³/mol. The van der Waals surface area contributed by atoms with Gasteiger partial charge >= 0.3 is 0 Å². The van der Waals surface area contributed by atoms with E-state index in [1.54, 1.807) is 0 Å². The summed E-state index contributed by atoms with van der Waals surface area (Å²) in [7, 11) is 0. The first-order chi connectivity index (χ1) is 15.8. The third-order valence-corrected chi connectivity index (χ3v) is 5.91. The highest BCUT2D eigenvalue weighted by atomic mass is 14.7. The lowest BCUT2D eigenvalue weighted by Crippen LogP contribution is -1.91. The zero-order chi connectivity index (χ0) is 21.9. The lowest BCUT2D eigenvalue weighted by atomic mass is 9.95. The van der Waals surface area contributed by atoms with Gasteiger partial charge in [0.1, 0.15) is 0 Å². The van der Waals surface area contributed by atoms with Crippen LogP contribution in [0, 0.1) is 0 Å². The normalized spacial score (nSPS) is 11.0. The van der Waals surface area contributed by atoms with Crippen LogP contribution in [0.25, 0.3) is 44.1 Å². The molecule has 0 aliphatic heterocycles. The second kappa shape index (κ2) is 8.60. The summed E-state index contributed by atoms with van der Waals surface area (Å²) in [5.74, 6) is 0. The minimum Gasteiger partial charge on any atom is -0.254 e. The number of allylic oxidation sites excluding steroid dienone is 2. The first kappa shape index (κ1) is 19.9. The number of nitrogens with zero attached hydrogens (tertiary/aromatic N) is 2. The number of pyridine rings is 2. The summed E-state index contributed by atoms with van der Waals surface area (Å²) in [5, 5.41) is 2.23. The lowest BCUT2D eigenvalue weighted by Gasteiger charge is -2.12. The van der Waals surface area contributed by atoms with E-state index >= 15 is 0 Å². The Kier molecular flexibility index (Phi) is 5.35. The zero-order valence-electron chi connectivity index (χ0n) is 18.0. The SMILES string of the molecule is C=CCc1ccc(-c2ccnc3c2ccc2c(-c4ccc(CC=C)cc4)ccnc23)cc1.